The maximum Gasteiger partial charge on any atom is 0.171 e. The van der Waals surface area contributed by atoms with Crippen molar-refractivity contribution < 1.29 is 28.5 Å². The predicted molar refractivity (Wildman–Crippen MR) is 86.5 cm³/mol. The van der Waals surface area contributed by atoms with Crippen LogP contribution in [-0.2, 0) is 6.54 Å². The van der Waals surface area contributed by atoms with Crippen LogP contribution in [0.4, 0.5) is 0 Å². The highest BCUT2D eigenvalue weighted by atomic mass is 127. The Labute approximate surface area is 148 Å². The first-order valence-electron chi connectivity index (χ1n) is 8.15. The molecule has 1 rings (SSSR count). The van der Waals surface area contributed by atoms with Crippen molar-refractivity contribution >= 4 is 0 Å². The average molecular weight is 399 g/mol. The first-order chi connectivity index (χ1) is 9.72. The summed E-state index contributed by atoms with van der Waals surface area (Å²) in [6, 6.07) is 2.23. The summed E-state index contributed by atoms with van der Waals surface area (Å²) >= 11 is 0. The van der Waals surface area contributed by atoms with E-state index in [2.05, 4.69) is 55.6 Å². The molecule has 1 aromatic rings. The number of rotatable bonds is 8. The molecule has 0 bridgehead atoms. The number of unbranched alkanes of at least 4 members (excludes halogenated alkanes) is 6. The molecule has 0 atom stereocenters. The van der Waals surface area contributed by atoms with E-state index in [1.165, 1.54) is 49.7 Å². The first-order valence-corrected chi connectivity index (χ1v) is 8.15. The maximum absolute atomic E-state index is 3.29. The van der Waals surface area contributed by atoms with Crippen LogP contribution in [0.5, 0.6) is 0 Å². The highest BCUT2D eigenvalue weighted by Crippen LogP contribution is 2.03. The van der Waals surface area contributed by atoms with E-state index < -0.39 is 0 Å². The van der Waals surface area contributed by atoms with Crippen LogP contribution in [0, 0.1) is 25.7 Å². The molecule has 0 unspecified atom stereocenters. The van der Waals surface area contributed by atoms with E-state index in [0.717, 1.165) is 19.4 Å². The standard InChI is InChI=1S/C19H30N.HI/c1-4-5-6-7-8-9-10-11-12-13-14-20-16-18(2)15-19(3)17-20;/h15-17H,4-6,9-14H2,1-3H3;1H/q+1;/p-1. The molecule has 0 amide bonds. The molecule has 0 fully saturated rings. The van der Waals surface area contributed by atoms with Crippen molar-refractivity contribution in [3.63, 3.8) is 0 Å². The second-order valence-electron chi connectivity index (χ2n) is 5.75. The summed E-state index contributed by atoms with van der Waals surface area (Å²) in [6.45, 7) is 7.70. The minimum absolute atomic E-state index is 0. The van der Waals surface area contributed by atoms with Gasteiger partial charge in [-0.3, -0.25) is 0 Å². The Morgan fingerprint density at radius 2 is 1.43 bits per heavy atom. The Bertz CT molecular complexity index is 422. The number of hydrogen-bond acceptors (Lipinski definition) is 0. The van der Waals surface area contributed by atoms with E-state index in [9.17, 15) is 0 Å². The van der Waals surface area contributed by atoms with Gasteiger partial charge < -0.3 is 24.0 Å². The van der Waals surface area contributed by atoms with Crippen LogP contribution in [0.3, 0.4) is 0 Å². The van der Waals surface area contributed by atoms with Crippen LogP contribution in [0.15, 0.2) is 18.5 Å². The molecule has 0 spiro atoms. The number of nitrogens with zero attached hydrogens (tertiary/aromatic N) is 1. The molecule has 0 radical (unpaired) electrons. The lowest BCUT2D eigenvalue weighted by atomic mass is 10.1. The van der Waals surface area contributed by atoms with Crippen molar-refractivity contribution in [1.82, 2.24) is 0 Å². The largest absolute Gasteiger partial charge is 1.00 e. The number of aromatic nitrogens is 1. The fourth-order valence-electron chi connectivity index (χ4n) is 2.43. The average Bonchev–Trinajstić information content (AvgIpc) is 2.40. The third-order valence-corrected chi connectivity index (χ3v) is 3.44. The molecule has 0 saturated heterocycles. The molecule has 2 heteroatoms. The van der Waals surface area contributed by atoms with E-state index in [-0.39, 0.29) is 24.0 Å². The van der Waals surface area contributed by atoms with Gasteiger partial charge in [0.05, 0.1) is 0 Å². The Hall–Kier alpha value is -0.560. The number of halogens is 1. The van der Waals surface area contributed by atoms with Crippen molar-refractivity contribution in [3.8, 4) is 11.8 Å². The summed E-state index contributed by atoms with van der Waals surface area (Å²) in [6.07, 6.45) is 14.3. The molecular weight excluding hydrogens is 369 g/mol. The van der Waals surface area contributed by atoms with Gasteiger partial charge in [-0.2, -0.15) is 0 Å². The zero-order valence-corrected chi connectivity index (χ0v) is 16.1. The molecule has 0 aliphatic rings. The van der Waals surface area contributed by atoms with Crippen molar-refractivity contribution in [3.05, 3.63) is 29.6 Å². The number of aryl methyl sites for hydroxylation is 3. The molecule has 1 heterocycles. The highest BCUT2D eigenvalue weighted by Gasteiger charge is 2.02. The molecule has 1 aromatic heterocycles. The van der Waals surface area contributed by atoms with Crippen LogP contribution < -0.4 is 28.5 Å². The smallest absolute Gasteiger partial charge is 0.171 e. The Balaban J connectivity index is 0.00000400. The van der Waals surface area contributed by atoms with E-state index >= 15 is 0 Å². The Morgan fingerprint density at radius 1 is 0.857 bits per heavy atom. The van der Waals surface area contributed by atoms with Gasteiger partial charge in [-0.25, -0.2) is 4.57 Å². The quantitative estimate of drug-likeness (QED) is 0.271. The molecule has 1 nitrogen and oxygen atoms in total. The molecular formula is C19H30IN. The maximum atomic E-state index is 3.29. The normalized spacial score (nSPS) is 9.67. The minimum atomic E-state index is 0. The van der Waals surface area contributed by atoms with Crippen LogP contribution in [0.1, 0.15) is 69.4 Å². The molecule has 0 N–H and O–H groups in total. The fraction of sp³-hybridized carbons (Fsp3) is 0.632. The molecule has 0 aliphatic heterocycles. The lowest BCUT2D eigenvalue weighted by molar-refractivity contribution is -0.698. The van der Waals surface area contributed by atoms with Crippen LogP contribution in [0.2, 0.25) is 0 Å². The second kappa shape index (κ2) is 13.1. The molecule has 0 aliphatic carbocycles. The third-order valence-electron chi connectivity index (χ3n) is 3.44. The second-order valence-corrected chi connectivity index (χ2v) is 5.75. The topological polar surface area (TPSA) is 3.88 Å². The Kier molecular flexibility index (Phi) is 12.8. The molecule has 0 aromatic carbocycles. The first kappa shape index (κ1) is 20.4. The van der Waals surface area contributed by atoms with Crippen molar-refractivity contribution in [2.45, 2.75) is 78.7 Å². The molecule has 118 valence electrons. The lowest BCUT2D eigenvalue weighted by Crippen LogP contribution is -3.00. The monoisotopic (exact) mass is 399 g/mol. The van der Waals surface area contributed by atoms with Gasteiger partial charge >= 0.3 is 0 Å². The van der Waals surface area contributed by atoms with Gasteiger partial charge in [0.15, 0.2) is 12.4 Å². The van der Waals surface area contributed by atoms with Gasteiger partial charge in [-0.1, -0.05) is 19.8 Å². The van der Waals surface area contributed by atoms with Gasteiger partial charge in [-0.15, -0.1) is 11.8 Å². The zero-order chi connectivity index (χ0) is 14.6. The number of hydrogen-bond donors (Lipinski definition) is 0. The summed E-state index contributed by atoms with van der Waals surface area (Å²) in [7, 11) is 0. The van der Waals surface area contributed by atoms with Crippen molar-refractivity contribution in [2.24, 2.45) is 0 Å². The van der Waals surface area contributed by atoms with E-state index in [1.807, 2.05) is 0 Å². The van der Waals surface area contributed by atoms with Crippen molar-refractivity contribution in [2.75, 3.05) is 0 Å². The van der Waals surface area contributed by atoms with Crippen LogP contribution in [0.25, 0.3) is 0 Å². The third kappa shape index (κ3) is 10.8. The summed E-state index contributed by atoms with van der Waals surface area (Å²) in [5.74, 6) is 6.55. The van der Waals surface area contributed by atoms with Crippen LogP contribution in [-0.4, -0.2) is 0 Å². The summed E-state index contributed by atoms with van der Waals surface area (Å²) < 4.78 is 2.33. The summed E-state index contributed by atoms with van der Waals surface area (Å²) in [4.78, 5) is 0. The molecule has 0 saturated carbocycles. The van der Waals surface area contributed by atoms with Crippen molar-refractivity contribution in [1.29, 1.82) is 0 Å². The Morgan fingerprint density at radius 3 is 2.05 bits per heavy atom. The van der Waals surface area contributed by atoms with Gasteiger partial charge in [0.25, 0.3) is 0 Å². The fourth-order valence-corrected chi connectivity index (χ4v) is 2.43. The SMILES string of the molecule is CCCCC#CCCCCCC[n+]1cc(C)cc(C)c1.[I-]. The highest BCUT2D eigenvalue weighted by molar-refractivity contribution is 5.11. The van der Waals surface area contributed by atoms with Gasteiger partial charge in [0, 0.05) is 30.4 Å². The summed E-state index contributed by atoms with van der Waals surface area (Å²) in [5.41, 5.74) is 2.71. The van der Waals surface area contributed by atoms with E-state index in [0.29, 0.717) is 0 Å². The molecule has 21 heavy (non-hydrogen) atoms. The lowest BCUT2D eigenvalue weighted by Gasteiger charge is -2.00. The van der Waals surface area contributed by atoms with Gasteiger partial charge in [-0.05, 0) is 39.2 Å². The number of pyridine rings is 1. The van der Waals surface area contributed by atoms with E-state index in [1.54, 1.807) is 0 Å². The van der Waals surface area contributed by atoms with Crippen LogP contribution >= 0.6 is 0 Å². The minimum Gasteiger partial charge on any atom is -1.00 e. The zero-order valence-electron chi connectivity index (χ0n) is 13.9. The predicted octanol–water partition coefficient (Wildman–Crippen LogP) is 1.74. The van der Waals surface area contributed by atoms with Gasteiger partial charge in [0.1, 0.15) is 6.54 Å². The summed E-state index contributed by atoms with van der Waals surface area (Å²) in [5, 5.41) is 0. The van der Waals surface area contributed by atoms with E-state index in [4.69, 9.17) is 0 Å². The van der Waals surface area contributed by atoms with Gasteiger partial charge in [0.2, 0.25) is 0 Å².